The van der Waals surface area contributed by atoms with Crippen LogP contribution in [0, 0.1) is 0 Å². The normalized spacial score (nSPS) is 11.3. The van der Waals surface area contributed by atoms with Crippen molar-refractivity contribution in [1.29, 1.82) is 0 Å². The van der Waals surface area contributed by atoms with Crippen molar-refractivity contribution in [2.24, 2.45) is 0 Å². The van der Waals surface area contributed by atoms with Crippen LogP contribution in [0.1, 0.15) is 42.4 Å². The Balaban J connectivity index is 1.34. The number of carboxylic acid groups (broad SMARTS) is 2. The molecule has 0 aliphatic carbocycles. The quantitative estimate of drug-likeness (QED) is 0.107. The first-order chi connectivity index (χ1) is 19.8. The van der Waals surface area contributed by atoms with Crippen LogP contribution in [-0.2, 0) is 22.6 Å². The summed E-state index contributed by atoms with van der Waals surface area (Å²) in [5.41, 5.74) is 3.46. The lowest BCUT2D eigenvalue weighted by molar-refractivity contribution is -0.137. The van der Waals surface area contributed by atoms with Crippen molar-refractivity contribution in [3.05, 3.63) is 93.6 Å². The standard InChI is InChI=1S/C32H31Cl2NO6/c33-26-7-4-9-28(32(26)34)41-19-2-1-18-40-25-15-12-22(13-16-25)11-14-23-6-3-8-27-31(23)24(20-30(38)39)21-35(27)17-5-10-29(36)37/h3-4,6-9,11-16,21H,1-2,5,10,17-20H2,(H,36,37)(H,38,39)/b14-11+. The Labute approximate surface area is 248 Å². The molecule has 0 unspecified atom stereocenters. The van der Waals surface area contributed by atoms with E-state index >= 15 is 0 Å². The lowest BCUT2D eigenvalue weighted by atomic mass is 10.0. The van der Waals surface area contributed by atoms with Gasteiger partial charge in [0.05, 0.1) is 24.7 Å². The van der Waals surface area contributed by atoms with E-state index in [0.717, 1.165) is 40.6 Å². The molecule has 1 heterocycles. The van der Waals surface area contributed by atoms with Gasteiger partial charge >= 0.3 is 11.9 Å². The first-order valence-electron chi connectivity index (χ1n) is 13.3. The van der Waals surface area contributed by atoms with Gasteiger partial charge in [-0.1, -0.05) is 65.7 Å². The minimum atomic E-state index is -0.915. The smallest absolute Gasteiger partial charge is 0.307 e. The average molecular weight is 597 g/mol. The molecule has 0 fully saturated rings. The van der Waals surface area contributed by atoms with Gasteiger partial charge in [-0.15, -0.1) is 0 Å². The number of hydrogen-bond acceptors (Lipinski definition) is 4. The highest BCUT2D eigenvalue weighted by atomic mass is 35.5. The summed E-state index contributed by atoms with van der Waals surface area (Å²) in [5.74, 6) is -0.420. The fourth-order valence-corrected chi connectivity index (χ4v) is 4.87. The fourth-order valence-electron chi connectivity index (χ4n) is 4.52. The summed E-state index contributed by atoms with van der Waals surface area (Å²) >= 11 is 12.1. The van der Waals surface area contributed by atoms with E-state index in [1.807, 2.05) is 65.4 Å². The van der Waals surface area contributed by atoms with Crippen LogP contribution in [0.25, 0.3) is 23.1 Å². The monoisotopic (exact) mass is 595 g/mol. The van der Waals surface area contributed by atoms with Gasteiger partial charge in [-0.3, -0.25) is 9.59 Å². The molecule has 0 aliphatic rings. The van der Waals surface area contributed by atoms with Crippen LogP contribution in [0.15, 0.2) is 66.9 Å². The molecule has 2 N–H and O–H groups in total. The topological polar surface area (TPSA) is 98.0 Å². The molecule has 3 aromatic carbocycles. The lowest BCUT2D eigenvalue weighted by Gasteiger charge is -2.09. The van der Waals surface area contributed by atoms with E-state index in [2.05, 4.69) is 0 Å². The van der Waals surface area contributed by atoms with Crippen LogP contribution < -0.4 is 9.47 Å². The van der Waals surface area contributed by atoms with Gasteiger partial charge in [0.15, 0.2) is 0 Å². The number of hydrogen-bond donors (Lipinski definition) is 2. The van der Waals surface area contributed by atoms with Crippen molar-refractivity contribution in [3.8, 4) is 11.5 Å². The van der Waals surface area contributed by atoms with Crippen LogP contribution in [-0.4, -0.2) is 39.9 Å². The van der Waals surface area contributed by atoms with Crippen molar-refractivity contribution >= 4 is 58.2 Å². The third-order valence-corrected chi connectivity index (χ3v) is 7.27. The van der Waals surface area contributed by atoms with Gasteiger partial charge in [0.1, 0.15) is 16.5 Å². The Bertz CT molecular complexity index is 1530. The van der Waals surface area contributed by atoms with Crippen molar-refractivity contribution in [2.75, 3.05) is 13.2 Å². The molecule has 41 heavy (non-hydrogen) atoms. The lowest BCUT2D eigenvalue weighted by Crippen LogP contribution is -2.02. The summed E-state index contributed by atoms with van der Waals surface area (Å²) in [4.78, 5) is 22.5. The van der Waals surface area contributed by atoms with E-state index in [1.54, 1.807) is 18.2 Å². The molecular weight excluding hydrogens is 565 g/mol. The first-order valence-corrected chi connectivity index (χ1v) is 14.1. The minimum absolute atomic E-state index is 0.0565. The van der Waals surface area contributed by atoms with E-state index in [4.69, 9.17) is 37.8 Å². The van der Waals surface area contributed by atoms with Gasteiger partial charge in [-0.2, -0.15) is 0 Å². The molecule has 0 radical (unpaired) electrons. The Morgan fingerprint density at radius 3 is 2.29 bits per heavy atom. The molecule has 0 atom stereocenters. The van der Waals surface area contributed by atoms with Crippen molar-refractivity contribution in [1.82, 2.24) is 4.57 Å². The fraction of sp³-hybridized carbons (Fsp3) is 0.250. The predicted molar refractivity (Wildman–Crippen MR) is 162 cm³/mol. The summed E-state index contributed by atoms with van der Waals surface area (Å²) in [7, 11) is 0. The highest BCUT2D eigenvalue weighted by Crippen LogP contribution is 2.31. The Morgan fingerprint density at radius 1 is 0.829 bits per heavy atom. The molecular formula is C32H31Cl2NO6. The maximum atomic E-state index is 11.5. The van der Waals surface area contributed by atoms with Crippen LogP contribution in [0.2, 0.25) is 10.0 Å². The zero-order valence-electron chi connectivity index (χ0n) is 22.4. The molecule has 7 nitrogen and oxygen atoms in total. The zero-order chi connectivity index (χ0) is 29.2. The molecule has 0 spiro atoms. The van der Waals surface area contributed by atoms with Crippen molar-refractivity contribution in [3.63, 3.8) is 0 Å². The number of nitrogens with zero attached hydrogens (tertiary/aromatic N) is 1. The molecule has 0 bridgehead atoms. The van der Waals surface area contributed by atoms with Gasteiger partial charge < -0.3 is 24.3 Å². The molecule has 214 valence electrons. The maximum Gasteiger partial charge on any atom is 0.307 e. The second kappa shape index (κ2) is 14.6. The summed E-state index contributed by atoms with van der Waals surface area (Å²) in [6.45, 7) is 1.57. The Hall–Kier alpha value is -3.94. The number of unbranched alkanes of at least 4 members (excludes halogenated alkanes) is 1. The van der Waals surface area contributed by atoms with Crippen LogP contribution in [0.3, 0.4) is 0 Å². The highest BCUT2D eigenvalue weighted by molar-refractivity contribution is 6.42. The maximum absolute atomic E-state index is 11.5. The van der Waals surface area contributed by atoms with Crippen LogP contribution in [0.5, 0.6) is 11.5 Å². The molecule has 0 saturated carbocycles. The summed E-state index contributed by atoms with van der Waals surface area (Å²) in [6.07, 6.45) is 7.80. The van der Waals surface area contributed by atoms with Gasteiger partial charge in [0.2, 0.25) is 0 Å². The van der Waals surface area contributed by atoms with Gasteiger partial charge in [0, 0.05) is 30.1 Å². The third kappa shape index (κ3) is 8.52. The van der Waals surface area contributed by atoms with E-state index in [0.29, 0.717) is 47.5 Å². The second-order valence-corrected chi connectivity index (χ2v) is 10.3. The van der Waals surface area contributed by atoms with E-state index in [9.17, 15) is 14.7 Å². The zero-order valence-corrected chi connectivity index (χ0v) is 23.9. The number of aromatic nitrogens is 1. The number of benzene rings is 3. The second-order valence-electron chi connectivity index (χ2n) is 9.52. The number of aliphatic carboxylic acids is 2. The van der Waals surface area contributed by atoms with Crippen molar-refractivity contribution in [2.45, 2.75) is 38.6 Å². The third-order valence-electron chi connectivity index (χ3n) is 6.46. The molecule has 4 aromatic rings. The van der Waals surface area contributed by atoms with Gasteiger partial charge in [-0.05, 0) is 66.3 Å². The van der Waals surface area contributed by atoms with Crippen molar-refractivity contribution < 1.29 is 29.3 Å². The Morgan fingerprint density at radius 2 is 1.56 bits per heavy atom. The van der Waals surface area contributed by atoms with E-state index < -0.39 is 11.9 Å². The predicted octanol–water partition coefficient (Wildman–Crippen LogP) is 7.85. The highest BCUT2D eigenvalue weighted by Gasteiger charge is 2.14. The summed E-state index contributed by atoms with van der Waals surface area (Å²) < 4.78 is 13.5. The molecule has 0 aliphatic heterocycles. The van der Waals surface area contributed by atoms with Crippen LogP contribution >= 0.6 is 23.2 Å². The molecule has 1 aromatic heterocycles. The van der Waals surface area contributed by atoms with Gasteiger partial charge in [-0.25, -0.2) is 0 Å². The summed E-state index contributed by atoms with van der Waals surface area (Å²) in [6, 6.07) is 18.9. The van der Waals surface area contributed by atoms with E-state index in [-0.39, 0.29) is 12.8 Å². The number of fused-ring (bicyclic) bond motifs is 1. The molecule has 4 rings (SSSR count). The van der Waals surface area contributed by atoms with Gasteiger partial charge in [0.25, 0.3) is 0 Å². The molecule has 9 heteroatoms. The number of carboxylic acids is 2. The Kier molecular flexibility index (Phi) is 10.7. The summed E-state index contributed by atoms with van der Waals surface area (Å²) in [5, 5.41) is 20.2. The number of rotatable bonds is 15. The number of ether oxygens (including phenoxy) is 2. The number of carbonyl (C=O) groups is 2. The average Bonchev–Trinajstić information content (AvgIpc) is 3.29. The first kappa shape index (κ1) is 30.0. The molecule has 0 amide bonds. The largest absolute Gasteiger partial charge is 0.494 e. The van der Waals surface area contributed by atoms with E-state index in [1.165, 1.54) is 0 Å². The molecule has 0 saturated heterocycles. The number of halogens is 2. The SMILES string of the molecule is O=C(O)CCCn1cc(CC(=O)O)c2c(/C=C/c3ccc(OCCCCOc4cccc(Cl)c4Cl)cc3)cccc21. The number of aryl methyl sites for hydroxylation is 1. The minimum Gasteiger partial charge on any atom is -0.494 e. The van der Waals surface area contributed by atoms with Crippen LogP contribution in [0.4, 0.5) is 0 Å².